The van der Waals surface area contributed by atoms with E-state index in [1.165, 1.54) is 24.3 Å². The highest BCUT2D eigenvalue weighted by molar-refractivity contribution is 7.09. The number of piperidine rings is 1. The highest BCUT2D eigenvalue weighted by Crippen LogP contribution is 2.45. The van der Waals surface area contributed by atoms with E-state index in [1.54, 1.807) is 0 Å². The molecule has 4 heterocycles. The van der Waals surface area contributed by atoms with Crippen molar-refractivity contribution >= 4 is 23.3 Å². The van der Waals surface area contributed by atoms with Gasteiger partial charge in [-0.2, -0.15) is 26.3 Å². The fourth-order valence-corrected chi connectivity index (χ4v) is 5.51. The maximum Gasteiger partial charge on any atom is 0.490 e. The number of methoxy groups -OCH3 is 1. The average molecular weight is 604 g/mol. The number of hydrogen-bond donors (Lipinski definition) is 2. The lowest BCUT2D eigenvalue weighted by molar-refractivity contribution is -0.193. The number of aromatic nitrogens is 1. The van der Waals surface area contributed by atoms with E-state index in [-0.39, 0.29) is 0 Å². The first-order chi connectivity index (χ1) is 18.6. The zero-order chi connectivity index (χ0) is 30.1. The Morgan fingerprint density at radius 2 is 1.68 bits per heavy atom. The van der Waals surface area contributed by atoms with Gasteiger partial charge in [0.15, 0.2) is 0 Å². The smallest absolute Gasteiger partial charge is 0.475 e. The number of likely N-dealkylation sites (tertiary alicyclic amines) is 2. The second kappa shape index (κ2) is 14.3. The van der Waals surface area contributed by atoms with Crippen molar-refractivity contribution in [2.45, 2.75) is 45.2 Å². The molecule has 1 atom stereocenters. The second-order valence-electron chi connectivity index (χ2n) is 9.57. The summed E-state index contributed by atoms with van der Waals surface area (Å²) in [4.78, 5) is 24.4. The van der Waals surface area contributed by atoms with Gasteiger partial charge in [-0.25, -0.2) is 9.59 Å². The van der Waals surface area contributed by atoms with E-state index in [0.717, 1.165) is 50.8 Å². The molecule has 2 aliphatic rings. The van der Waals surface area contributed by atoms with Gasteiger partial charge >= 0.3 is 24.3 Å². The molecule has 2 aromatic rings. The lowest BCUT2D eigenvalue weighted by Gasteiger charge is -2.42. The van der Waals surface area contributed by atoms with E-state index >= 15 is 0 Å². The van der Waals surface area contributed by atoms with Gasteiger partial charge in [0.25, 0.3) is 0 Å². The molecule has 4 rings (SSSR count). The lowest BCUT2D eigenvalue weighted by atomic mass is 9.71. The predicted octanol–water partition coefficient (Wildman–Crippen LogP) is 4.67. The zero-order valence-electron chi connectivity index (χ0n) is 21.8. The first-order valence-corrected chi connectivity index (χ1v) is 12.9. The second-order valence-corrected chi connectivity index (χ2v) is 10.6. The van der Waals surface area contributed by atoms with E-state index in [0.29, 0.717) is 11.3 Å². The van der Waals surface area contributed by atoms with Gasteiger partial charge in [-0.3, -0.25) is 9.80 Å². The van der Waals surface area contributed by atoms with Crippen LogP contribution in [0.25, 0.3) is 0 Å². The number of alkyl halides is 6. The van der Waals surface area contributed by atoms with Gasteiger partial charge in [0.05, 0.1) is 12.3 Å². The fourth-order valence-electron chi connectivity index (χ4n) is 4.76. The average Bonchev–Trinajstić information content (AvgIpc) is 3.58. The maximum absolute atomic E-state index is 10.6. The van der Waals surface area contributed by atoms with E-state index in [4.69, 9.17) is 29.1 Å². The Balaban J connectivity index is 0.000000333. The third-order valence-corrected chi connectivity index (χ3v) is 7.47. The van der Waals surface area contributed by atoms with Crippen LogP contribution in [0.15, 0.2) is 28.1 Å². The minimum atomic E-state index is -5.08. The Morgan fingerprint density at radius 3 is 2.10 bits per heavy atom. The molecule has 2 aromatic heterocycles. The topological polar surface area (TPSA) is 116 Å². The van der Waals surface area contributed by atoms with E-state index < -0.39 is 24.3 Å². The Hall–Kier alpha value is -2.69. The van der Waals surface area contributed by atoms with Crippen molar-refractivity contribution in [2.24, 2.45) is 11.3 Å². The minimum Gasteiger partial charge on any atom is -0.475 e. The number of carbonyl (C=O) groups is 2. The Morgan fingerprint density at radius 1 is 1.10 bits per heavy atom. The van der Waals surface area contributed by atoms with Crippen LogP contribution in [0.3, 0.4) is 0 Å². The molecule has 0 saturated carbocycles. The summed E-state index contributed by atoms with van der Waals surface area (Å²) < 4.78 is 74.3. The molecule has 0 radical (unpaired) electrons. The summed E-state index contributed by atoms with van der Waals surface area (Å²) in [5, 5.41) is 20.6. The quantitative estimate of drug-likeness (QED) is 0.455. The molecular formula is C24H31F6N3O6S. The number of halogens is 6. The summed E-state index contributed by atoms with van der Waals surface area (Å²) >= 11 is 1.87. The summed E-state index contributed by atoms with van der Waals surface area (Å²) in [6.07, 6.45) is -7.67. The maximum atomic E-state index is 10.6. The SMILES string of the molecule is COCC1CN(Cc2cccs2)CC12CCN(Cc1cc(C)on1)CC2.O=C(O)C(F)(F)F.O=C(O)C(F)(F)F. The zero-order valence-corrected chi connectivity index (χ0v) is 22.6. The van der Waals surface area contributed by atoms with Crippen LogP contribution >= 0.6 is 11.3 Å². The molecule has 9 nitrogen and oxygen atoms in total. The third-order valence-electron chi connectivity index (χ3n) is 6.61. The summed E-state index contributed by atoms with van der Waals surface area (Å²) in [6.45, 7) is 9.46. The molecule has 16 heteroatoms. The summed E-state index contributed by atoms with van der Waals surface area (Å²) in [5.41, 5.74) is 1.46. The molecule has 0 amide bonds. The van der Waals surface area contributed by atoms with Crippen LogP contribution < -0.4 is 0 Å². The molecule has 1 unspecified atom stereocenters. The largest absolute Gasteiger partial charge is 0.490 e. The van der Waals surface area contributed by atoms with Crippen molar-refractivity contribution in [1.29, 1.82) is 0 Å². The molecule has 0 bridgehead atoms. The number of rotatable bonds is 6. The number of nitrogens with zero attached hydrogens (tertiary/aromatic N) is 3. The van der Waals surface area contributed by atoms with Crippen LogP contribution in [-0.2, 0) is 27.4 Å². The molecule has 1 spiro atoms. The number of aliphatic carboxylic acids is 2. The first-order valence-electron chi connectivity index (χ1n) is 12.0. The van der Waals surface area contributed by atoms with Gasteiger partial charge in [0, 0.05) is 50.2 Å². The van der Waals surface area contributed by atoms with Gasteiger partial charge < -0.3 is 19.5 Å². The van der Waals surface area contributed by atoms with Gasteiger partial charge in [0.1, 0.15) is 5.76 Å². The van der Waals surface area contributed by atoms with E-state index in [2.05, 4.69) is 38.5 Å². The van der Waals surface area contributed by atoms with Crippen molar-refractivity contribution in [1.82, 2.24) is 15.0 Å². The molecule has 2 N–H and O–H groups in total. The van der Waals surface area contributed by atoms with Crippen LogP contribution in [0.1, 0.15) is 29.2 Å². The Labute approximate surface area is 230 Å². The van der Waals surface area contributed by atoms with Crippen molar-refractivity contribution < 1.29 is 55.4 Å². The van der Waals surface area contributed by atoms with Crippen LogP contribution in [0.4, 0.5) is 26.3 Å². The summed E-state index contributed by atoms with van der Waals surface area (Å²) in [5.74, 6) is -3.97. The highest BCUT2D eigenvalue weighted by Gasteiger charge is 2.47. The molecular weight excluding hydrogens is 572 g/mol. The molecule has 2 aliphatic heterocycles. The highest BCUT2D eigenvalue weighted by atomic mass is 32.1. The molecule has 0 aromatic carbocycles. The first kappa shape index (κ1) is 33.5. The number of hydrogen-bond acceptors (Lipinski definition) is 8. The Kier molecular flexibility index (Phi) is 12.0. The monoisotopic (exact) mass is 603 g/mol. The van der Waals surface area contributed by atoms with Gasteiger partial charge in [-0.1, -0.05) is 11.2 Å². The van der Waals surface area contributed by atoms with Crippen LogP contribution in [-0.4, -0.2) is 89.4 Å². The molecule has 40 heavy (non-hydrogen) atoms. The van der Waals surface area contributed by atoms with Crippen molar-refractivity contribution in [3.8, 4) is 0 Å². The number of carboxylic acid groups (broad SMARTS) is 2. The van der Waals surface area contributed by atoms with Crippen LogP contribution in [0.5, 0.6) is 0 Å². The molecule has 226 valence electrons. The van der Waals surface area contributed by atoms with Gasteiger partial charge in [-0.15, -0.1) is 11.3 Å². The number of thiophene rings is 1. The molecule has 0 aliphatic carbocycles. The number of aryl methyl sites for hydroxylation is 1. The van der Waals surface area contributed by atoms with Gasteiger partial charge in [-0.05, 0) is 49.7 Å². The lowest BCUT2D eigenvalue weighted by Crippen LogP contribution is -2.44. The minimum absolute atomic E-state index is 0.406. The normalized spacial score (nSPS) is 19.4. The summed E-state index contributed by atoms with van der Waals surface area (Å²) in [6, 6.07) is 6.46. The predicted molar refractivity (Wildman–Crippen MR) is 131 cm³/mol. The van der Waals surface area contributed by atoms with E-state index in [1.807, 2.05) is 25.4 Å². The summed E-state index contributed by atoms with van der Waals surface area (Å²) in [7, 11) is 1.84. The van der Waals surface area contributed by atoms with Crippen molar-refractivity contribution in [3.05, 3.63) is 39.9 Å². The van der Waals surface area contributed by atoms with Crippen LogP contribution in [0.2, 0.25) is 0 Å². The fraction of sp³-hybridized carbons (Fsp3) is 0.625. The number of carboxylic acids is 2. The van der Waals surface area contributed by atoms with E-state index in [9.17, 15) is 26.3 Å². The van der Waals surface area contributed by atoms with Crippen molar-refractivity contribution in [2.75, 3.05) is 39.9 Å². The number of ether oxygens (including phenoxy) is 1. The van der Waals surface area contributed by atoms with Crippen molar-refractivity contribution in [3.63, 3.8) is 0 Å². The van der Waals surface area contributed by atoms with Crippen LogP contribution in [0, 0.1) is 18.3 Å². The third kappa shape index (κ3) is 10.4. The standard InChI is InChI=1S/C20H29N3O2S.2C2HF3O2/c1-16-10-18(21-25-16)12-22-7-5-20(6-8-22)15-23(11-17(20)14-24-2)13-19-4-3-9-26-19;2*3-2(4,5)1(6)7/h3-4,9-10,17H,5-8,11-15H2,1-2H3;2*(H,6,7). The Bertz CT molecular complexity index is 1040. The molecule has 2 fully saturated rings. The molecule has 2 saturated heterocycles. The van der Waals surface area contributed by atoms with Gasteiger partial charge in [0.2, 0.25) is 0 Å².